The average Bonchev–Trinajstić information content (AvgIpc) is 2.69. The molecule has 9 nitrogen and oxygen atoms in total. The van der Waals surface area contributed by atoms with Crippen molar-refractivity contribution < 1.29 is 27.8 Å². The number of amides is 1. The lowest BCUT2D eigenvalue weighted by Gasteiger charge is -2.18. The molecule has 2 aromatic rings. The molecular weight excluding hydrogens is 398 g/mol. The van der Waals surface area contributed by atoms with Crippen LogP contribution in [0.3, 0.4) is 0 Å². The van der Waals surface area contributed by atoms with E-state index in [1.807, 2.05) is 0 Å². The maximum absolute atomic E-state index is 12.8. The fourth-order valence-electron chi connectivity index (χ4n) is 2.46. The van der Waals surface area contributed by atoms with Crippen molar-refractivity contribution >= 4 is 22.1 Å². The smallest absolute Gasteiger partial charge is 0.255 e. The number of ether oxygens (including phenoxy) is 2. The van der Waals surface area contributed by atoms with E-state index in [4.69, 9.17) is 9.47 Å². The number of benzene rings is 2. The summed E-state index contributed by atoms with van der Waals surface area (Å²) < 4.78 is 36.6. The average molecular weight is 421 g/mol. The number of rotatable bonds is 8. The van der Waals surface area contributed by atoms with Crippen molar-refractivity contribution in [2.75, 3.05) is 27.8 Å². The summed E-state index contributed by atoms with van der Waals surface area (Å²) in [7, 11) is 0.121. The highest BCUT2D eigenvalue weighted by Gasteiger charge is 2.26. The number of hydrazone groups is 1. The van der Waals surface area contributed by atoms with E-state index in [1.54, 1.807) is 37.3 Å². The molecule has 1 amide bonds. The minimum absolute atomic E-state index is 0.0277. The molecule has 2 aromatic carbocycles. The third-order valence-corrected chi connectivity index (χ3v) is 5.84. The van der Waals surface area contributed by atoms with Crippen molar-refractivity contribution in [1.82, 2.24) is 9.73 Å². The largest absolute Gasteiger partial charge is 0.504 e. The predicted octanol–water partition coefficient (Wildman–Crippen LogP) is 1.49. The number of phenols is 1. The Hall–Kier alpha value is -3.11. The van der Waals surface area contributed by atoms with Crippen LogP contribution in [0.25, 0.3) is 0 Å². The molecule has 0 aliphatic rings. The van der Waals surface area contributed by atoms with Gasteiger partial charge in [-0.2, -0.15) is 9.41 Å². The molecule has 0 aromatic heterocycles. The van der Waals surface area contributed by atoms with Gasteiger partial charge in [0.15, 0.2) is 11.5 Å². The van der Waals surface area contributed by atoms with Crippen LogP contribution in [0.4, 0.5) is 0 Å². The summed E-state index contributed by atoms with van der Waals surface area (Å²) in [6.07, 6.45) is 1.23. The molecule has 0 spiro atoms. The first-order valence-corrected chi connectivity index (χ1v) is 9.93. The molecule has 156 valence electrons. The molecule has 0 aliphatic heterocycles. The summed E-state index contributed by atoms with van der Waals surface area (Å²) in [5.74, 6) is -0.326. The lowest BCUT2D eigenvalue weighted by molar-refractivity contribution is -0.121. The van der Waals surface area contributed by atoms with Gasteiger partial charge >= 0.3 is 0 Å². The standard InChI is InChI=1S/C19H23N3O6S/c1-13-8-9-15(27-3)17(10-13)29(25,26)22(2)12-18(23)21-20-11-14-6-5-7-16(28-4)19(14)24/h5-11,24H,12H2,1-4H3,(H,21,23). The Kier molecular flexibility index (Phi) is 7.18. The number of carbonyl (C=O) groups is 1. The lowest BCUT2D eigenvalue weighted by atomic mass is 10.2. The van der Waals surface area contributed by atoms with Gasteiger partial charge in [-0.3, -0.25) is 4.79 Å². The first-order valence-electron chi connectivity index (χ1n) is 8.49. The molecule has 0 saturated carbocycles. The van der Waals surface area contributed by atoms with E-state index < -0.39 is 22.5 Å². The van der Waals surface area contributed by atoms with Crippen molar-refractivity contribution in [2.24, 2.45) is 5.10 Å². The van der Waals surface area contributed by atoms with Crippen LogP contribution >= 0.6 is 0 Å². The number of carbonyl (C=O) groups excluding carboxylic acids is 1. The lowest BCUT2D eigenvalue weighted by Crippen LogP contribution is -2.36. The van der Waals surface area contributed by atoms with Gasteiger partial charge in [-0.1, -0.05) is 12.1 Å². The quantitative estimate of drug-likeness (QED) is 0.493. The van der Waals surface area contributed by atoms with Crippen LogP contribution in [0, 0.1) is 6.92 Å². The topological polar surface area (TPSA) is 118 Å². The number of phenolic OH excluding ortho intramolecular Hbond substituents is 1. The monoisotopic (exact) mass is 421 g/mol. The van der Waals surface area contributed by atoms with Crippen LogP contribution in [0.5, 0.6) is 17.2 Å². The van der Waals surface area contributed by atoms with Crippen molar-refractivity contribution in [3.8, 4) is 17.2 Å². The Morgan fingerprint density at radius 3 is 2.55 bits per heavy atom. The summed E-state index contributed by atoms with van der Waals surface area (Å²) >= 11 is 0. The molecule has 10 heteroatoms. The third kappa shape index (κ3) is 5.24. The normalized spacial score (nSPS) is 11.6. The Labute approximate surface area is 169 Å². The number of methoxy groups -OCH3 is 2. The molecule has 0 unspecified atom stereocenters. The van der Waals surface area contributed by atoms with Gasteiger partial charge in [0.2, 0.25) is 10.0 Å². The molecule has 0 atom stereocenters. The number of aromatic hydroxyl groups is 1. The summed E-state index contributed by atoms with van der Waals surface area (Å²) in [5, 5.41) is 13.7. The van der Waals surface area contributed by atoms with Crippen LogP contribution in [0.1, 0.15) is 11.1 Å². The molecular formula is C19H23N3O6S. The second-order valence-electron chi connectivity index (χ2n) is 6.11. The molecule has 29 heavy (non-hydrogen) atoms. The first kappa shape index (κ1) is 22.2. The molecule has 0 aliphatic carbocycles. The minimum Gasteiger partial charge on any atom is -0.504 e. The van der Waals surface area contributed by atoms with Crippen molar-refractivity contribution in [1.29, 1.82) is 0 Å². The molecule has 0 bridgehead atoms. The highest BCUT2D eigenvalue weighted by molar-refractivity contribution is 7.89. The highest BCUT2D eigenvalue weighted by Crippen LogP contribution is 2.28. The maximum Gasteiger partial charge on any atom is 0.255 e. The summed E-state index contributed by atoms with van der Waals surface area (Å²) in [6.45, 7) is 1.30. The van der Waals surface area contributed by atoms with E-state index in [9.17, 15) is 18.3 Å². The Morgan fingerprint density at radius 1 is 1.21 bits per heavy atom. The SMILES string of the molecule is COc1ccc(C)cc1S(=O)(=O)N(C)CC(=O)NN=Cc1cccc(OC)c1O. The number of hydrogen-bond donors (Lipinski definition) is 2. The zero-order chi connectivity index (χ0) is 21.6. The van der Waals surface area contributed by atoms with E-state index in [1.165, 1.54) is 33.5 Å². The molecule has 0 heterocycles. The summed E-state index contributed by atoms with van der Waals surface area (Å²) in [4.78, 5) is 12.1. The van der Waals surface area contributed by atoms with Gasteiger partial charge in [-0.25, -0.2) is 13.8 Å². The van der Waals surface area contributed by atoms with Gasteiger partial charge < -0.3 is 14.6 Å². The number of para-hydroxylation sites is 1. The highest BCUT2D eigenvalue weighted by atomic mass is 32.2. The minimum atomic E-state index is -3.95. The van der Waals surface area contributed by atoms with Crippen LogP contribution in [-0.4, -0.2) is 57.8 Å². The molecule has 0 fully saturated rings. The van der Waals surface area contributed by atoms with Crippen LogP contribution in [-0.2, 0) is 14.8 Å². The van der Waals surface area contributed by atoms with E-state index >= 15 is 0 Å². The van der Waals surface area contributed by atoms with Crippen molar-refractivity contribution in [3.63, 3.8) is 0 Å². The predicted molar refractivity (Wildman–Crippen MR) is 108 cm³/mol. The maximum atomic E-state index is 12.8. The van der Waals surface area contributed by atoms with Crippen molar-refractivity contribution in [3.05, 3.63) is 47.5 Å². The second-order valence-corrected chi connectivity index (χ2v) is 8.12. The number of nitrogens with one attached hydrogen (secondary N) is 1. The van der Waals surface area contributed by atoms with Gasteiger partial charge in [0.1, 0.15) is 10.6 Å². The Morgan fingerprint density at radius 2 is 1.90 bits per heavy atom. The van der Waals surface area contributed by atoms with Crippen LogP contribution in [0.2, 0.25) is 0 Å². The third-order valence-electron chi connectivity index (χ3n) is 4.02. The number of nitrogens with zero attached hydrogens (tertiary/aromatic N) is 2. The number of hydrogen-bond acceptors (Lipinski definition) is 7. The zero-order valence-corrected chi connectivity index (χ0v) is 17.4. The Balaban J connectivity index is 2.08. The number of sulfonamides is 1. The van der Waals surface area contributed by atoms with Gasteiger partial charge in [0, 0.05) is 12.6 Å². The van der Waals surface area contributed by atoms with E-state index in [2.05, 4.69) is 10.5 Å². The van der Waals surface area contributed by atoms with Gasteiger partial charge in [0.05, 0.1) is 27.0 Å². The number of aryl methyl sites for hydroxylation is 1. The van der Waals surface area contributed by atoms with Crippen LogP contribution in [0.15, 0.2) is 46.4 Å². The molecule has 0 radical (unpaired) electrons. The fraction of sp³-hybridized carbons (Fsp3) is 0.263. The Bertz CT molecular complexity index is 1020. The second kappa shape index (κ2) is 9.39. The van der Waals surface area contributed by atoms with Gasteiger partial charge in [0.25, 0.3) is 5.91 Å². The van der Waals surface area contributed by atoms with E-state index in [-0.39, 0.29) is 22.1 Å². The summed E-state index contributed by atoms with van der Waals surface area (Å²) in [6, 6.07) is 9.57. The molecule has 2 N–H and O–H groups in total. The van der Waals surface area contributed by atoms with Crippen molar-refractivity contribution in [2.45, 2.75) is 11.8 Å². The van der Waals surface area contributed by atoms with E-state index in [0.717, 1.165) is 9.87 Å². The summed E-state index contributed by atoms with van der Waals surface area (Å²) in [5.41, 5.74) is 3.30. The number of likely N-dealkylation sites (N-methyl/N-ethyl adjacent to an activating group) is 1. The molecule has 0 saturated heterocycles. The van der Waals surface area contributed by atoms with Gasteiger partial charge in [-0.15, -0.1) is 0 Å². The fourth-order valence-corrected chi connectivity index (χ4v) is 3.82. The zero-order valence-electron chi connectivity index (χ0n) is 16.5. The van der Waals surface area contributed by atoms with Crippen LogP contribution < -0.4 is 14.9 Å². The van der Waals surface area contributed by atoms with Gasteiger partial charge in [-0.05, 0) is 36.8 Å². The first-order chi connectivity index (χ1) is 13.7. The van der Waals surface area contributed by atoms with E-state index in [0.29, 0.717) is 5.56 Å². The molecule has 2 rings (SSSR count).